The summed E-state index contributed by atoms with van der Waals surface area (Å²) in [5, 5.41) is 14.1. The average molecular weight is 191 g/mol. The molecule has 0 aliphatic rings. The summed E-state index contributed by atoms with van der Waals surface area (Å²) < 4.78 is 5.15. The fraction of sp³-hybridized carbons (Fsp3) is 0.364. The number of benzene rings is 1. The fourth-order valence-electron chi connectivity index (χ4n) is 1.68. The molecule has 0 saturated carbocycles. The summed E-state index contributed by atoms with van der Waals surface area (Å²) in [6.07, 6.45) is 0. The summed E-state index contributed by atoms with van der Waals surface area (Å²) in [4.78, 5) is 0. The molecule has 0 amide bonds. The summed E-state index contributed by atoms with van der Waals surface area (Å²) in [6.45, 7) is 4.05. The number of aryl methyl sites for hydroxylation is 1. The first-order chi connectivity index (χ1) is 6.74. The Hall–Kier alpha value is -1.35. The van der Waals surface area contributed by atoms with Gasteiger partial charge in [0.2, 0.25) is 0 Å². The second-order valence-electron chi connectivity index (χ2n) is 3.57. The second kappa shape index (κ2) is 3.42. The molecule has 2 aromatic rings. The maximum Gasteiger partial charge on any atom is 0.167 e. The molecule has 0 fully saturated rings. The van der Waals surface area contributed by atoms with E-state index in [0.717, 1.165) is 22.2 Å². The van der Waals surface area contributed by atoms with Crippen molar-refractivity contribution in [2.24, 2.45) is 0 Å². The largest absolute Gasteiger partial charge is 0.396 e. The van der Waals surface area contributed by atoms with Gasteiger partial charge in [-0.2, -0.15) is 0 Å². The smallest absolute Gasteiger partial charge is 0.167 e. The van der Waals surface area contributed by atoms with Crippen LogP contribution in [0.4, 0.5) is 0 Å². The molecule has 0 saturated heterocycles. The molecule has 0 radical (unpaired) electrons. The van der Waals surface area contributed by atoms with Crippen LogP contribution in [0, 0.1) is 6.92 Å². The first-order valence-electron chi connectivity index (χ1n) is 4.69. The fourth-order valence-corrected chi connectivity index (χ4v) is 1.68. The summed E-state index contributed by atoms with van der Waals surface area (Å²) in [5.41, 5.74) is 2.78. The molecule has 74 valence electrons. The highest BCUT2D eigenvalue weighted by atomic mass is 16.5. The van der Waals surface area contributed by atoms with E-state index in [2.05, 4.69) is 5.16 Å². The number of nitrogens with zero attached hydrogens (tertiary/aromatic N) is 1. The molecule has 1 heterocycles. The summed E-state index contributed by atoms with van der Waals surface area (Å²) in [7, 11) is 0. The van der Waals surface area contributed by atoms with Crippen molar-refractivity contribution in [2.75, 3.05) is 6.61 Å². The van der Waals surface area contributed by atoms with Gasteiger partial charge in [0.15, 0.2) is 5.58 Å². The first-order valence-corrected chi connectivity index (χ1v) is 4.69. The zero-order valence-electron chi connectivity index (χ0n) is 8.32. The van der Waals surface area contributed by atoms with Crippen molar-refractivity contribution in [3.8, 4) is 0 Å². The average Bonchev–Trinajstić information content (AvgIpc) is 2.59. The van der Waals surface area contributed by atoms with Gasteiger partial charge in [-0.1, -0.05) is 24.2 Å². The summed E-state index contributed by atoms with van der Waals surface area (Å²) >= 11 is 0. The van der Waals surface area contributed by atoms with Crippen molar-refractivity contribution >= 4 is 11.0 Å². The van der Waals surface area contributed by atoms with Crippen LogP contribution in [0.1, 0.15) is 24.1 Å². The van der Waals surface area contributed by atoms with Crippen molar-refractivity contribution < 1.29 is 9.63 Å². The van der Waals surface area contributed by atoms with E-state index in [1.807, 2.05) is 32.0 Å². The van der Waals surface area contributed by atoms with E-state index >= 15 is 0 Å². The van der Waals surface area contributed by atoms with Crippen molar-refractivity contribution in [1.82, 2.24) is 5.16 Å². The van der Waals surface area contributed by atoms with Crippen LogP contribution in [0.2, 0.25) is 0 Å². The monoisotopic (exact) mass is 191 g/mol. The Morgan fingerprint density at radius 3 is 3.00 bits per heavy atom. The zero-order chi connectivity index (χ0) is 10.1. The molecular formula is C11H13NO2. The Kier molecular flexibility index (Phi) is 2.25. The van der Waals surface area contributed by atoms with Gasteiger partial charge < -0.3 is 9.63 Å². The lowest BCUT2D eigenvalue weighted by atomic mass is 9.97. The Balaban J connectivity index is 2.69. The van der Waals surface area contributed by atoms with Gasteiger partial charge in [0.1, 0.15) is 0 Å². The molecule has 0 spiro atoms. The van der Waals surface area contributed by atoms with Gasteiger partial charge in [-0.25, -0.2) is 0 Å². The van der Waals surface area contributed by atoms with Gasteiger partial charge in [-0.05, 0) is 18.6 Å². The van der Waals surface area contributed by atoms with Gasteiger partial charge in [-0.3, -0.25) is 0 Å². The third-order valence-electron chi connectivity index (χ3n) is 2.51. The third kappa shape index (κ3) is 1.30. The Morgan fingerprint density at radius 2 is 2.29 bits per heavy atom. The van der Waals surface area contributed by atoms with Crippen LogP contribution in [0.15, 0.2) is 22.7 Å². The number of fused-ring (bicyclic) bond motifs is 1. The number of rotatable bonds is 2. The van der Waals surface area contributed by atoms with Gasteiger partial charge in [-0.15, -0.1) is 0 Å². The van der Waals surface area contributed by atoms with Crippen LogP contribution < -0.4 is 0 Å². The minimum atomic E-state index is 0.122. The maximum atomic E-state index is 9.13. The predicted octanol–water partition coefficient (Wildman–Crippen LogP) is 2.23. The van der Waals surface area contributed by atoms with Gasteiger partial charge in [0, 0.05) is 17.9 Å². The lowest BCUT2D eigenvalue weighted by Gasteiger charge is -2.08. The van der Waals surface area contributed by atoms with Gasteiger partial charge in [0.05, 0.1) is 5.69 Å². The number of hydrogen-bond acceptors (Lipinski definition) is 3. The lowest BCUT2D eigenvalue weighted by Crippen LogP contribution is -1.99. The highest BCUT2D eigenvalue weighted by Crippen LogP contribution is 2.27. The standard InChI is InChI=1S/C11H13NO2/c1-7(6-13)9-4-3-5-10-11(9)8(2)12-14-10/h3-5,7,13H,6H2,1-2H3. The van der Waals surface area contributed by atoms with E-state index in [1.54, 1.807) is 0 Å². The minimum Gasteiger partial charge on any atom is -0.396 e. The number of aliphatic hydroxyl groups is 1. The minimum absolute atomic E-state index is 0.122. The Labute approximate surface area is 82.3 Å². The molecule has 0 aliphatic heterocycles. The van der Waals surface area contributed by atoms with Gasteiger partial charge >= 0.3 is 0 Å². The molecule has 0 aliphatic carbocycles. The van der Waals surface area contributed by atoms with Crippen LogP contribution in [0.3, 0.4) is 0 Å². The quantitative estimate of drug-likeness (QED) is 0.791. The Bertz CT molecular complexity index is 447. The van der Waals surface area contributed by atoms with Crippen molar-refractivity contribution in [2.45, 2.75) is 19.8 Å². The van der Waals surface area contributed by atoms with Gasteiger partial charge in [0.25, 0.3) is 0 Å². The van der Waals surface area contributed by atoms with E-state index in [9.17, 15) is 0 Å². The highest BCUT2D eigenvalue weighted by Gasteiger charge is 2.13. The molecule has 3 nitrogen and oxygen atoms in total. The van der Waals surface area contributed by atoms with Crippen LogP contribution in [0.5, 0.6) is 0 Å². The third-order valence-corrected chi connectivity index (χ3v) is 2.51. The van der Waals surface area contributed by atoms with Crippen molar-refractivity contribution in [1.29, 1.82) is 0 Å². The normalized spacial score (nSPS) is 13.4. The van der Waals surface area contributed by atoms with E-state index in [1.165, 1.54) is 0 Å². The van der Waals surface area contributed by atoms with Crippen LogP contribution in [-0.4, -0.2) is 16.9 Å². The first kappa shape index (κ1) is 9.21. The molecule has 1 aromatic carbocycles. The maximum absolute atomic E-state index is 9.13. The summed E-state index contributed by atoms with van der Waals surface area (Å²) in [5.74, 6) is 0.122. The summed E-state index contributed by atoms with van der Waals surface area (Å²) in [6, 6.07) is 5.82. The zero-order valence-corrected chi connectivity index (χ0v) is 8.32. The molecule has 2 rings (SSSR count). The van der Waals surface area contributed by atoms with Crippen LogP contribution >= 0.6 is 0 Å². The van der Waals surface area contributed by atoms with E-state index in [4.69, 9.17) is 9.63 Å². The van der Waals surface area contributed by atoms with E-state index < -0.39 is 0 Å². The molecule has 1 unspecified atom stereocenters. The number of aromatic nitrogens is 1. The number of aliphatic hydroxyl groups excluding tert-OH is 1. The van der Waals surface area contributed by atoms with E-state index in [-0.39, 0.29) is 12.5 Å². The molecule has 1 aromatic heterocycles. The molecule has 1 atom stereocenters. The molecule has 14 heavy (non-hydrogen) atoms. The molecule has 0 bridgehead atoms. The SMILES string of the molecule is Cc1noc2cccc(C(C)CO)c12. The topological polar surface area (TPSA) is 46.3 Å². The predicted molar refractivity (Wildman–Crippen MR) is 54.2 cm³/mol. The molecule has 1 N–H and O–H groups in total. The van der Waals surface area contributed by atoms with E-state index in [0.29, 0.717) is 0 Å². The molecule has 3 heteroatoms. The van der Waals surface area contributed by atoms with Crippen molar-refractivity contribution in [3.05, 3.63) is 29.5 Å². The number of hydrogen-bond donors (Lipinski definition) is 1. The van der Waals surface area contributed by atoms with Crippen LogP contribution in [-0.2, 0) is 0 Å². The second-order valence-corrected chi connectivity index (χ2v) is 3.57. The molecular weight excluding hydrogens is 178 g/mol. The van der Waals surface area contributed by atoms with Crippen LogP contribution in [0.25, 0.3) is 11.0 Å². The lowest BCUT2D eigenvalue weighted by molar-refractivity contribution is 0.273. The highest BCUT2D eigenvalue weighted by molar-refractivity contribution is 5.83. The Morgan fingerprint density at radius 1 is 1.50 bits per heavy atom. The van der Waals surface area contributed by atoms with Crippen molar-refractivity contribution in [3.63, 3.8) is 0 Å².